The third-order valence-electron chi connectivity index (χ3n) is 2.50. The van der Waals surface area contributed by atoms with Gasteiger partial charge in [0.2, 0.25) is 0 Å². The Kier molecular flexibility index (Phi) is 4.26. The van der Waals surface area contributed by atoms with Crippen molar-refractivity contribution in [3.8, 4) is 0 Å². The summed E-state index contributed by atoms with van der Waals surface area (Å²) in [5, 5.41) is -0.122. The standard InChI is InChI=1S/C10H12ClF3N2O2/c1-3-6-7(11)15-9(18)16(8(6)17)5(2)4-10(12,13)14/h5H,3-4H2,1-2H3,(H,15,18). The first-order valence-electron chi connectivity index (χ1n) is 5.27. The van der Waals surface area contributed by atoms with Gasteiger partial charge in [-0.1, -0.05) is 18.5 Å². The van der Waals surface area contributed by atoms with Gasteiger partial charge in [0.25, 0.3) is 5.56 Å². The van der Waals surface area contributed by atoms with E-state index >= 15 is 0 Å². The predicted octanol–water partition coefficient (Wildman–Crippen LogP) is 2.27. The third kappa shape index (κ3) is 3.16. The van der Waals surface area contributed by atoms with Crippen molar-refractivity contribution in [3.05, 3.63) is 31.6 Å². The molecular formula is C10H12ClF3N2O2. The molecule has 4 nitrogen and oxygen atoms in total. The highest BCUT2D eigenvalue weighted by molar-refractivity contribution is 6.30. The molecule has 0 spiro atoms. The van der Waals surface area contributed by atoms with Crippen molar-refractivity contribution in [1.82, 2.24) is 9.55 Å². The number of nitrogens with zero attached hydrogens (tertiary/aromatic N) is 1. The molecule has 0 aliphatic heterocycles. The Hall–Kier alpha value is -1.24. The maximum absolute atomic E-state index is 12.3. The Balaban J connectivity index is 3.34. The van der Waals surface area contributed by atoms with E-state index in [0.717, 1.165) is 6.92 Å². The van der Waals surface area contributed by atoms with Crippen LogP contribution in [0.3, 0.4) is 0 Å². The van der Waals surface area contributed by atoms with E-state index in [1.807, 2.05) is 0 Å². The summed E-state index contributed by atoms with van der Waals surface area (Å²) in [5.41, 5.74) is -1.60. The zero-order chi connectivity index (χ0) is 14.1. The second-order valence-corrected chi connectivity index (χ2v) is 4.30. The summed E-state index contributed by atoms with van der Waals surface area (Å²) in [6.07, 6.45) is -5.47. The van der Waals surface area contributed by atoms with Crippen molar-refractivity contribution >= 4 is 11.6 Å². The van der Waals surface area contributed by atoms with Crippen LogP contribution in [-0.2, 0) is 6.42 Å². The lowest BCUT2D eigenvalue weighted by molar-refractivity contribution is -0.142. The predicted molar refractivity (Wildman–Crippen MR) is 61.1 cm³/mol. The number of hydrogen-bond donors (Lipinski definition) is 1. The molecule has 1 N–H and O–H groups in total. The first-order valence-corrected chi connectivity index (χ1v) is 5.65. The molecule has 102 valence electrons. The van der Waals surface area contributed by atoms with Gasteiger partial charge in [-0.25, -0.2) is 4.79 Å². The molecule has 0 aliphatic carbocycles. The minimum atomic E-state index is -4.45. The number of rotatable bonds is 3. The molecule has 1 aromatic rings. The van der Waals surface area contributed by atoms with Gasteiger partial charge >= 0.3 is 11.9 Å². The topological polar surface area (TPSA) is 54.9 Å². The van der Waals surface area contributed by atoms with Crippen LogP contribution in [0.1, 0.15) is 31.9 Å². The van der Waals surface area contributed by atoms with Crippen molar-refractivity contribution in [2.45, 2.75) is 38.9 Å². The van der Waals surface area contributed by atoms with Crippen molar-refractivity contribution in [2.75, 3.05) is 0 Å². The van der Waals surface area contributed by atoms with E-state index in [4.69, 9.17) is 11.6 Å². The van der Waals surface area contributed by atoms with Gasteiger partial charge in [-0.05, 0) is 13.3 Å². The molecule has 1 unspecified atom stereocenters. The van der Waals surface area contributed by atoms with Crippen LogP contribution in [-0.4, -0.2) is 15.7 Å². The number of nitrogens with one attached hydrogen (secondary N) is 1. The molecule has 1 atom stereocenters. The van der Waals surface area contributed by atoms with Gasteiger partial charge in [-0.2, -0.15) is 13.2 Å². The zero-order valence-corrected chi connectivity index (χ0v) is 10.5. The van der Waals surface area contributed by atoms with Crippen molar-refractivity contribution < 1.29 is 13.2 Å². The largest absolute Gasteiger partial charge is 0.391 e. The lowest BCUT2D eigenvalue weighted by atomic mass is 10.2. The Morgan fingerprint density at radius 1 is 1.39 bits per heavy atom. The van der Waals surface area contributed by atoms with E-state index in [0.29, 0.717) is 4.57 Å². The molecular weight excluding hydrogens is 273 g/mol. The third-order valence-corrected chi connectivity index (χ3v) is 2.82. The van der Waals surface area contributed by atoms with Crippen LogP contribution in [0, 0.1) is 0 Å². The number of hydrogen-bond acceptors (Lipinski definition) is 2. The van der Waals surface area contributed by atoms with E-state index in [1.54, 1.807) is 6.92 Å². The van der Waals surface area contributed by atoms with E-state index < -0.39 is 29.9 Å². The van der Waals surface area contributed by atoms with Crippen LogP contribution >= 0.6 is 11.6 Å². The van der Waals surface area contributed by atoms with Gasteiger partial charge in [-0.3, -0.25) is 14.3 Å². The first-order chi connectivity index (χ1) is 8.17. The number of aromatic amines is 1. The molecule has 0 aromatic carbocycles. The molecule has 0 amide bonds. The van der Waals surface area contributed by atoms with Gasteiger partial charge < -0.3 is 0 Å². The average Bonchev–Trinajstić information content (AvgIpc) is 2.13. The summed E-state index contributed by atoms with van der Waals surface area (Å²) in [4.78, 5) is 25.5. The summed E-state index contributed by atoms with van der Waals surface area (Å²) in [6, 6.07) is -1.27. The second-order valence-electron chi connectivity index (χ2n) is 3.92. The molecule has 1 aromatic heterocycles. The lowest BCUT2D eigenvalue weighted by Crippen LogP contribution is -2.40. The molecule has 0 aliphatic rings. The Labute approximate surface area is 105 Å². The molecule has 1 rings (SSSR count). The summed E-state index contributed by atoms with van der Waals surface area (Å²) >= 11 is 5.65. The molecule has 1 heterocycles. The second kappa shape index (κ2) is 5.17. The van der Waals surface area contributed by atoms with Gasteiger partial charge in [0.05, 0.1) is 12.0 Å². The average molecular weight is 285 g/mol. The fraction of sp³-hybridized carbons (Fsp3) is 0.600. The minimum absolute atomic E-state index is 0.102. The molecule has 8 heteroatoms. The minimum Gasteiger partial charge on any atom is -0.297 e. The van der Waals surface area contributed by atoms with Gasteiger partial charge in [0.1, 0.15) is 5.15 Å². The monoisotopic (exact) mass is 284 g/mol. The summed E-state index contributed by atoms with van der Waals surface area (Å²) in [6.45, 7) is 2.79. The van der Waals surface area contributed by atoms with Gasteiger partial charge in [-0.15, -0.1) is 0 Å². The fourth-order valence-electron chi connectivity index (χ4n) is 1.69. The highest BCUT2D eigenvalue weighted by Gasteiger charge is 2.32. The van der Waals surface area contributed by atoms with Crippen LogP contribution in [0.2, 0.25) is 5.15 Å². The Morgan fingerprint density at radius 2 is 1.94 bits per heavy atom. The maximum Gasteiger partial charge on any atom is 0.391 e. The van der Waals surface area contributed by atoms with Gasteiger partial charge in [0.15, 0.2) is 0 Å². The van der Waals surface area contributed by atoms with E-state index in [-0.39, 0.29) is 17.1 Å². The first kappa shape index (κ1) is 14.8. The number of H-pyrrole nitrogens is 1. The zero-order valence-electron chi connectivity index (χ0n) is 9.77. The Bertz CT molecular complexity index is 548. The molecule has 0 radical (unpaired) electrons. The summed E-state index contributed by atoms with van der Waals surface area (Å²) in [5.74, 6) is 0. The van der Waals surface area contributed by atoms with E-state index in [2.05, 4.69) is 4.98 Å². The van der Waals surface area contributed by atoms with Crippen LogP contribution in [0.4, 0.5) is 13.2 Å². The lowest BCUT2D eigenvalue weighted by Gasteiger charge is -2.17. The van der Waals surface area contributed by atoms with Gasteiger partial charge in [0, 0.05) is 6.04 Å². The van der Waals surface area contributed by atoms with Crippen LogP contribution in [0.5, 0.6) is 0 Å². The maximum atomic E-state index is 12.3. The van der Waals surface area contributed by atoms with Crippen molar-refractivity contribution in [2.24, 2.45) is 0 Å². The Morgan fingerprint density at radius 3 is 2.39 bits per heavy atom. The number of halogens is 4. The number of alkyl halides is 3. The van der Waals surface area contributed by atoms with Crippen molar-refractivity contribution in [1.29, 1.82) is 0 Å². The molecule has 0 fully saturated rings. The van der Waals surface area contributed by atoms with Crippen LogP contribution < -0.4 is 11.2 Å². The van der Waals surface area contributed by atoms with Crippen molar-refractivity contribution in [3.63, 3.8) is 0 Å². The molecule has 0 bridgehead atoms. The van der Waals surface area contributed by atoms with E-state index in [1.165, 1.54) is 0 Å². The quantitative estimate of drug-likeness (QED) is 0.866. The van der Waals surface area contributed by atoms with Crippen LogP contribution in [0.15, 0.2) is 9.59 Å². The van der Waals surface area contributed by atoms with Crippen LogP contribution in [0.25, 0.3) is 0 Å². The number of aromatic nitrogens is 2. The highest BCUT2D eigenvalue weighted by atomic mass is 35.5. The fourth-order valence-corrected chi connectivity index (χ4v) is 1.99. The highest BCUT2D eigenvalue weighted by Crippen LogP contribution is 2.26. The molecule has 0 saturated carbocycles. The normalized spacial score (nSPS) is 13.7. The SMILES string of the molecule is CCc1c(Cl)[nH]c(=O)n(C(C)CC(F)(F)F)c1=O. The summed E-state index contributed by atoms with van der Waals surface area (Å²) in [7, 11) is 0. The molecule has 0 saturated heterocycles. The smallest absolute Gasteiger partial charge is 0.297 e. The molecule has 18 heavy (non-hydrogen) atoms. The summed E-state index contributed by atoms with van der Waals surface area (Å²) < 4.78 is 37.3. The van der Waals surface area contributed by atoms with E-state index in [9.17, 15) is 22.8 Å².